The number of hydrogen-bond donors (Lipinski definition) is 1. The maximum atomic E-state index is 11.7. The largest absolute Gasteiger partial charge is 0.353 e. The number of nitrogens with zero attached hydrogens (tertiary/aromatic N) is 2. The van der Waals surface area contributed by atoms with Gasteiger partial charge in [0.05, 0.1) is 11.5 Å². The van der Waals surface area contributed by atoms with Gasteiger partial charge in [0, 0.05) is 32.1 Å². The van der Waals surface area contributed by atoms with Crippen LogP contribution in [0.2, 0.25) is 0 Å². The fourth-order valence-electron chi connectivity index (χ4n) is 3.91. The Bertz CT molecular complexity index is 773. The van der Waals surface area contributed by atoms with Crippen molar-refractivity contribution < 1.29 is 8.42 Å². The molecule has 0 aromatic heterocycles. The molecule has 6 heteroatoms. The lowest BCUT2D eigenvalue weighted by atomic mass is 9.94. The molecule has 2 saturated heterocycles. The maximum absolute atomic E-state index is 11.7. The van der Waals surface area contributed by atoms with E-state index in [-0.39, 0.29) is 11.7 Å². The highest BCUT2D eigenvalue weighted by atomic mass is 32.2. The molecule has 0 spiro atoms. The zero-order valence-electron chi connectivity index (χ0n) is 15.5. The summed E-state index contributed by atoms with van der Waals surface area (Å²) >= 11 is 0. The summed E-state index contributed by atoms with van der Waals surface area (Å²) in [5.74, 6) is 2.12. The van der Waals surface area contributed by atoms with Crippen molar-refractivity contribution in [3.63, 3.8) is 0 Å². The van der Waals surface area contributed by atoms with E-state index >= 15 is 0 Å². The molecule has 2 heterocycles. The van der Waals surface area contributed by atoms with Crippen LogP contribution in [-0.2, 0) is 9.84 Å². The Morgan fingerprint density at radius 3 is 2.88 bits per heavy atom. The molecule has 2 aliphatic rings. The van der Waals surface area contributed by atoms with Gasteiger partial charge in [-0.05, 0) is 36.8 Å². The summed E-state index contributed by atoms with van der Waals surface area (Å²) in [4.78, 5) is 7.06. The van der Waals surface area contributed by atoms with Crippen LogP contribution in [0.1, 0.15) is 29.9 Å². The molecule has 1 aromatic rings. The Balaban J connectivity index is 1.67. The van der Waals surface area contributed by atoms with Crippen molar-refractivity contribution in [3.05, 3.63) is 48.0 Å². The van der Waals surface area contributed by atoms with Crippen molar-refractivity contribution in [3.8, 4) is 0 Å². The van der Waals surface area contributed by atoms with Crippen LogP contribution in [0, 0.1) is 12.8 Å². The Morgan fingerprint density at radius 1 is 1.38 bits per heavy atom. The molecule has 26 heavy (non-hydrogen) atoms. The number of benzene rings is 1. The predicted molar refractivity (Wildman–Crippen MR) is 107 cm³/mol. The second-order valence-electron chi connectivity index (χ2n) is 7.39. The first kappa shape index (κ1) is 19.0. The molecule has 0 saturated carbocycles. The van der Waals surface area contributed by atoms with Gasteiger partial charge in [0.2, 0.25) is 0 Å². The number of guanidine groups is 1. The SMILES string of the molecule is C=CCNC(=NCC1CCS(=O)(=O)C1)N1CCC(c2ccccc2C)C1. The zero-order valence-corrected chi connectivity index (χ0v) is 16.3. The summed E-state index contributed by atoms with van der Waals surface area (Å²) in [6.45, 7) is 9.08. The average Bonchev–Trinajstić information content (AvgIpc) is 3.22. The fourth-order valence-corrected chi connectivity index (χ4v) is 5.76. The van der Waals surface area contributed by atoms with Crippen LogP contribution in [0.3, 0.4) is 0 Å². The first-order valence-electron chi connectivity index (χ1n) is 9.38. The third-order valence-electron chi connectivity index (χ3n) is 5.35. The van der Waals surface area contributed by atoms with Crippen molar-refractivity contribution in [1.29, 1.82) is 0 Å². The van der Waals surface area contributed by atoms with Gasteiger partial charge in [-0.15, -0.1) is 6.58 Å². The van der Waals surface area contributed by atoms with Crippen molar-refractivity contribution in [2.75, 3.05) is 37.7 Å². The summed E-state index contributed by atoms with van der Waals surface area (Å²) in [5.41, 5.74) is 2.76. The zero-order chi connectivity index (χ0) is 18.6. The topological polar surface area (TPSA) is 61.8 Å². The minimum atomic E-state index is -2.85. The van der Waals surface area contributed by atoms with Gasteiger partial charge in [-0.2, -0.15) is 0 Å². The molecule has 1 N–H and O–H groups in total. The molecule has 142 valence electrons. The quantitative estimate of drug-likeness (QED) is 0.488. The van der Waals surface area contributed by atoms with E-state index in [1.54, 1.807) is 0 Å². The van der Waals surface area contributed by atoms with Gasteiger partial charge in [-0.3, -0.25) is 4.99 Å². The molecule has 0 radical (unpaired) electrons. The third kappa shape index (κ3) is 4.67. The Morgan fingerprint density at radius 2 is 2.19 bits per heavy atom. The highest BCUT2D eigenvalue weighted by Crippen LogP contribution is 2.29. The van der Waals surface area contributed by atoms with Gasteiger partial charge in [-0.1, -0.05) is 30.3 Å². The molecule has 3 rings (SSSR count). The second-order valence-corrected chi connectivity index (χ2v) is 9.62. The van der Waals surface area contributed by atoms with Crippen LogP contribution in [0.25, 0.3) is 0 Å². The van der Waals surface area contributed by atoms with E-state index in [4.69, 9.17) is 4.99 Å². The van der Waals surface area contributed by atoms with E-state index < -0.39 is 9.84 Å². The predicted octanol–water partition coefficient (Wildman–Crippen LogP) is 2.35. The number of aliphatic imine (C=N–C) groups is 1. The number of nitrogens with one attached hydrogen (secondary N) is 1. The molecule has 0 aliphatic carbocycles. The normalized spacial score (nSPS) is 25.4. The van der Waals surface area contributed by atoms with Gasteiger partial charge in [0.15, 0.2) is 15.8 Å². The van der Waals surface area contributed by atoms with E-state index in [0.29, 0.717) is 24.8 Å². The molecule has 0 bridgehead atoms. The van der Waals surface area contributed by atoms with E-state index in [2.05, 4.69) is 48.0 Å². The Labute approximate surface area is 157 Å². The standard InChI is InChI=1S/C20H29N3O2S/c1-3-10-21-20(22-13-17-9-12-26(24,25)15-17)23-11-8-18(14-23)19-7-5-4-6-16(19)2/h3-7,17-18H,1,8-15H2,2H3,(H,21,22). The molecule has 1 aromatic carbocycles. The first-order valence-corrected chi connectivity index (χ1v) is 11.2. The van der Waals surface area contributed by atoms with Crippen molar-refractivity contribution in [2.45, 2.75) is 25.7 Å². The van der Waals surface area contributed by atoms with Crippen molar-refractivity contribution >= 4 is 15.8 Å². The van der Waals surface area contributed by atoms with Crippen LogP contribution in [0.4, 0.5) is 0 Å². The third-order valence-corrected chi connectivity index (χ3v) is 7.18. The summed E-state index contributed by atoms with van der Waals surface area (Å²) in [5, 5.41) is 3.35. The van der Waals surface area contributed by atoms with E-state index in [0.717, 1.165) is 31.9 Å². The minimum absolute atomic E-state index is 0.148. The van der Waals surface area contributed by atoms with E-state index in [1.165, 1.54) is 11.1 Å². The van der Waals surface area contributed by atoms with Crippen LogP contribution in [-0.4, -0.2) is 57.0 Å². The number of sulfone groups is 1. The smallest absolute Gasteiger partial charge is 0.194 e. The lowest BCUT2D eigenvalue weighted by molar-refractivity contribution is 0.482. The van der Waals surface area contributed by atoms with E-state index in [1.807, 2.05) is 6.08 Å². The monoisotopic (exact) mass is 375 g/mol. The van der Waals surface area contributed by atoms with Gasteiger partial charge < -0.3 is 10.2 Å². The average molecular weight is 376 g/mol. The maximum Gasteiger partial charge on any atom is 0.194 e. The van der Waals surface area contributed by atoms with Crippen LogP contribution >= 0.6 is 0 Å². The summed E-state index contributed by atoms with van der Waals surface area (Å²) in [6.07, 6.45) is 3.66. The molecule has 2 fully saturated rings. The lowest BCUT2D eigenvalue weighted by Crippen LogP contribution is -2.40. The molecular weight excluding hydrogens is 346 g/mol. The highest BCUT2D eigenvalue weighted by molar-refractivity contribution is 7.91. The van der Waals surface area contributed by atoms with Crippen molar-refractivity contribution in [2.24, 2.45) is 10.9 Å². The fraction of sp³-hybridized carbons (Fsp3) is 0.550. The van der Waals surface area contributed by atoms with Crippen molar-refractivity contribution in [1.82, 2.24) is 10.2 Å². The Hall–Kier alpha value is -1.82. The van der Waals surface area contributed by atoms with Gasteiger partial charge >= 0.3 is 0 Å². The van der Waals surface area contributed by atoms with E-state index in [9.17, 15) is 8.42 Å². The second kappa shape index (κ2) is 8.25. The summed E-state index contributed by atoms with van der Waals surface area (Å²) in [6, 6.07) is 8.58. The highest BCUT2D eigenvalue weighted by Gasteiger charge is 2.29. The lowest BCUT2D eigenvalue weighted by Gasteiger charge is -2.22. The van der Waals surface area contributed by atoms with Gasteiger partial charge in [0.25, 0.3) is 0 Å². The van der Waals surface area contributed by atoms with Crippen LogP contribution < -0.4 is 5.32 Å². The Kier molecular flexibility index (Phi) is 6.01. The van der Waals surface area contributed by atoms with Crippen LogP contribution in [0.15, 0.2) is 41.9 Å². The number of hydrogen-bond acceptors (Lipinski definition) is 3. The molecule has 5 nitrogen and oxygen atoms in total. The summed E-state index contributed by atoms with van der Waals surface area (Å²) in [7, 11) is -2.85. The molecule has 2 unspecified atom stereocenters. The number of likely N-dealkylation sites (tertiary alicyclic amines) is 1. The number of rotatable bonds is 5. The van der Waals surface area contributed by atoms with Gasteiger partial charge in [0.1, 0.15) is 0 Å². The number of aryl methyl sites for hydroxylation is 1. The molecular formula is C20H29N3O2S. The summed E-state index contributed by atoms with van der Waals surface area (Å²) < 4.78 is 23.3. The van der Waals surface area contributed by atoms with Gasteiger partial charge in [-0.25, -0.2) is 8.42 Å². The van der Waals surface area contributed by atoms with Crippen LogP contribution in [0.5, 0.6) is 0 Å². The molecule has 2 aliphatic heterocycles. The minimum Gasteiger partial charge on any atom is -0.353 e. The first-order chi connectivity index (χ1) is 12.5. The molecule has 0 amide bonds. The molecule has 2 atom stereocenters.